The molecule has 0 radical (unpaired) electrons. The number of hydrogen-bond acceptors (Lipinski definition) is 6. The predicted octanol–water partition coefficient (Wildman–Crippen LogP) is 0.666. The molecule has 9 heteroatoms. The molecule has 0 spiro atoms. The van der Waals surface area contributed by atoms with Crippen molar-refractivity contribution in [3.05, 3.63) is 33.9 Å². The van der Waals surface area contributed by atoms with Gasteiger partial charge in [0, 0.05) is 37.9 Å². The number of anilines is 2. The summed E-state index contributed by atoms with van der Waals surface area (Å²) in [6.45, 7) is 6.14. The molecule has 1 aliphatic rings. The van der Waals surface area contributed by atoms with Crippen LogP contribution in [0.3, 0.4) is 0 Å². The summed E-state index contributed by atoms with van der Waals surface area (Å²) < 4.78 is 1.82. The minimum Gasteiger partial charge on any atom is -0.369 e. The van der Waals surface area contributed by atoms with Crippen LogP contribution in [0.15, 0.2) is 17.1 Å². The maximum atomic E-state index is 12.5. The average Bonchev–Trinajstić information content (AvgIpc) is 2.95. The van der Waals surface area contributed by atoms with E-state index in [1.807, 2.05) is 22.7 Å². The van der Waals surface area contributed by atoms with E-state index in [1.165, 1.54) is 6.07 Å². The summed E-state index contributed by atoms with van der Waals surface area (Å²) in [4.78, 5) is 32.7. The van der Waals surface area contributed by atoms with E-state index in [0.717, 1.165) is 31.5 Å². The zero-order valence-corrected chi connectivity index (χ0v) is 15.2. The van der Waals surface area contributed by atoms with Crippen LogP contribution >= 0.6 is 0 Å². The van der Waals surface area contributed by atoms with Crippen molar-refractivity contribution in [2.75, 3.05) is 23.7 Å². The van der Waals surface area contributed by atoms with Gasteiger partial charge >= 0.3 is 0 Å². The Morgan fingerprint density at radius 3 is 2.81 bits per heavy atom. The second kappa shape index (κ2) is 7.59. The van der Waals surface area contributed by atoms with E-state index >= 15 is 0 Å². The van der Waals surface area contributed by atoms with Crippen molar-refractivity contribution in [2.45, 2.75) is 45.7 Å². The fourth-order valence-corrected chi connectivity index (χ4v) is 3.23. The monoisotopic (exact) mass is 359 g/mol. The largest absolute Gasteiger partial charge is 0.369 e. The molecule has 26 heavy (non-hydrogen) atoms. The minimum absolute atomic E-state index is 0.0816. The highest BCUT2D eigenvalue weighted by Crippen LogP contribution is 2.18. The minimum atomic E-state index is -0.262. The molecule has 1 fully saturated rings. The first kappa shape index (κ1) is 18.0. The number of nitrogens with zero attached hydrogens (tertiary/aromatic N) is 4. The summed E-state index contributed by atoms with van der Waals surface area (Å²) in [5.74, 6) is 0.608. The number of carbonyl (C=O) groups is 1. The van der Waals surface area contributed by atoms with Crippen molar-refractivity contribution in [1.29, 1.82) is 0 Å². The van der Waals surface area contributed by atoms with Crippen LogP contribution in [0.25, 0.3) is 0 Å². The van der Waals surface area contributed by atoms with Crippen LogP contribution in [0.5, 0.6) is 0 Å². The Hall–Kier alpha value is -2.84. The van der Waals surface area contributed by atoms with Crippen molar-refractivity contribution >= 4 is 17.7 Å². The van der Waals surface area contributed by atoms with Crippen molar-refractivity contribution in [2.24, 2.45) is 0 Å². The van der Waals surface area contributed by atoms with Crippen LogP contribution in [0.4, 0.5) is 11.8 Å². The molecule has 3 heterocycles. The first-order valence-electron chi connectivity index (χ1n) is 8.93. The molecule has 0 atom stereocenters. The first-order chi connectivity index (χ1) is 12.5. The van der Waals surface area contributed by atoms with Gasteiger partial charge in [-0.1, -0.05) is 6.92 Å². The fraction of sp³-hybridized carbons (Fsp3) is 0.529. The summed E-state index contributed by atoms with van der Waals surface area (Å²) in [5.41, 5.74) is 6.72. The van der Waals surface area contributed by atoms with E-state index in [1.54, 1.807) is 0 Å². The normalized spacial score (nSPS) is 15.2. The van der Waals surface area contributed by atoms with E-state index in [-0.39, 0.29) is 23.5 Å². The van der Waals surface area contributed by atoms with E-state index in [4.69, 9.17) is 5.73 Å². The third-order valence-corrected chi connectivity index (χ3v) is 4.54. The van der Waals surface area contributed by atoms with Gasteiger partial charge in [-0.15, -0.1) is 0 Å². The number of carbonyl (C=O) groups excluding carboxylic acids is 1. The van der Waals surface area contributed by atoms with Gasteiger partial charge in [0.2, 0.25) is 5.95 Å². The quantitative estimate of drug-likeness (QED) is 0.721. The number of H-pyrrole nitrogens is 1. The number of amides is 1. The molecule has 1 saturated heterocycles. The number of nitrogens with two attached hydrogens (primary N) is 1. The molecular weight excluding hydrogens is 334 g/mol. The van der Waals surface area contributed by atoms with E-state index in [0.29, 0.717) is 24.5 Å². The molecule has 1 aliphatic heterocycles. The Morgan fingerprint density at radius 1 is 1.42 bits per heavy atom. The second-order valence-electron chi connectivity index (χ2n) is 6.61. The van der Waals surface area contributed by atoms with Crippen molar-refractivity contribution in [3.63, 3.8) is 0 Å². The zero-order chi connectivity index (χ0) is 18.7. The molecule has 4 N–H and O–H groups in total. The third kappa shape index (κ3) is 4.04. The SMILES string of the molecule is CCCn1cc(C(=O)NC2CCN(c3cc(=O)[nH]c(N)n3)CC2)c(C)n1. The van der Waals surface area contributed by atoms with Crippen LogP contribution in [0.2, 0.25) is 0 Å². The summed E-state index contributed by atoms with van der Waals surface area (Å²) in [6.07, 6.45) is 4.35. The number of rotatable bonds is 5. The summed E-state index contributed by atoms with van der Waals surface area (Å²) >= 11 is 0. The Balaban J connectivity index is 1.58. The lowest BCUT2D eigenvalue weighted by Crippen LogP contribution is -2.45. The molecule has 9 nitrogen and oxygen atoms in total. The Morgan fingerprint density at radius 2 is 2.15 bits per heavy atom. The number of hydrogen-bond donors (Lipinski definition) is 3. The molecule has 0 unspecified atom stereocenters. The average molecular weight is 359 g/mol. The Labute approximate surface area is 151 Å². The van der Waals surface area contributed by atoms with Crippen LogP contribution in [-0.2, 0) is 6.54 Å². The third-order valence-electron chi connectivity index (χ3n) is 4.54. The lowest BCUT2D eigenvalue weighted by Gasteiger charge is -2.33. The number of piperidine rings is 1. The molecule has 2 aromatic rings. The number of aryl methyl sites for hydroxylation is 2. The lowest BCUT2D eigenvalue weighted by atomic mass is 10.0. The molecule has 0 saturated carbocycles. The maximum Gasteiger partial charge on any atom is 0.254 e. The lowest BCUT2D eigenvalue weighted by molar-refractivity contribution is 0.0930. The van der Waals surface area contributed by atoms with E-state index < -0.39 is 0 Å². The van der Waals surface area contributed by atoms with Gasteiger partial charge in [0.1, 0.15) is 5.82 Å². The summed E-state index contributed by atoms with van der Waals surface area (Å²) in [6, 6.07) is 1.54. The molecular formula is C17H25N7O2. The fourth-order valence-electron chi connectivity index (χ4n) is 3.23. The summed E-state index contributed by atoms with van der Waals surface area (Å²) in [5, 5.41) is 7.47. The predicted molar refractivity (Wildman–Crippen MR) is 99.2 cm³/mol. The highest BCUT2D eigenvalue weighted by atomic mass is 16.1. The topological polar surface area (TPSA) is 122 Å². The second-order valence-corrected chi connectivity index (χ2v) is 6.61. The Bertz CT molecular complexity index is 834. The maximum absolute atomic E-state index is 12.5. The smallest absolute Gasteiger partial charge is 0.254 e. The molecule has 0 aliphatic carbocycles. The van der Waals surface area contributed by atoms with Gasteiger partial charge < -0.3 is 16.0 Å². The zero-order valence-electron chi connectivity index (χ0n) is 15.2. The van der Waals surface area contributed by atoms with Crippen molar-refractivity contribution < 1.29 is 4.79 Å². The van der Waals surface area contributed by atoms with Gasteiger partial charge in [-0.25, -0.2) is 0 Å². The molecule has 2 aromatic heterocycles. The molecule has 3 rings (SSSR count). The Kier molecular flexibility index (Phi) is 5.24. The summed E-state index contributed by atoms with van der Waals surface area (Å²) in [7, 11) is 0. The standard InChI is InChI=1S/C17H25N7O2/c1-3-6-24-10-13(11(2)22-24)16(26)19-12-4-7-23(8-5-12)14-9-15(25)21-17(18)20-14/h9-10,12H,3-8H2,1-2H3,(H,19,26)(H3,18,20,21,25). The van der Waals surface area contributed by atoms with Crippen LogP contribution in [0.1, 0.15) is 42.2 Å². The van der Waals surface area contributed by atoms with Gasteiger partial charge in [-0.2, -0.15) is 10.1 Å². The molecule has 0 bridgehead atoms. The van der Waals surface area contributed by atoms with Gasteiger partial charge in [0.25, 0.3) is 11.5 Å². The number of aromatic nitrogens is 4. The van der Waals surface area contributed by atoms with Gasteiger partial charge in [0.15, 0.2) is 0 Å². The van der Waals surface area contributed by atoms with Crippen molar-refractivity contribution in [3.8, 4) is 0 Å². The van der Waals surface area contributed by atoms with Gasteiger partial charge in [-0.3, -0.25) is 19.3 Å². The molecule has 1 amide bonds. The number of aromatic amines is 1. The highest BCUT2D eigenvalue weighted by molar-refractivity contribution is 5.95. The van der Waals surface area contributed by atoms with E-state index in [9.17, 15) is 9.59 Å². The molecule has 0 aromatic carbocycles. The first-order valence-corrected chi connectivity index (χ1v) is 8.93. The van der Waals surface area contributed by atoms with Crippen LogP contribution in [0, 0.1) is 6.92 Å². The van der Waals surface area contributed by atoms with Gasteiger partial charge in [0.05, 0.1) is 11.3 Å². The van der Waals surface area contributed by atoms with Crippen molar-refractivity contribution in [1.82, 2.24) is 25.1 Å². The number of nitrogen functional groups attached to an aromatic ring is 1. The van der Waals surface area contributed by atoms with E-state index in [2.05, 4.69) is 27.3 Å². The van der Waals surface area contributed by atoms with Crippen LogP contribution in [-0.4, -0.2) is 44.8 Å². The number of nitrogens with one attached hydrogen (secondary N) is 2. The highest BCUT2D eigenvalue weighted by Gasteiger charge is 2.23. The van der Waals surface area contributed by atoms with Gasteiger partial charge in [-0.05, 0) is 26.2 Å². The van der Waals surface area contributed by atoms with Crippen LogP contribution < -0.4 is 21.5 Å². The molecule has 140 valence electrons.